The molecule has 1 saturated heterocycles. The lowest BCUT2D eigenvalue weighted by molar-refractivity contribution is -0.119. The fraction of sp³-hybridized carbons (Fsp3) is 0.938. The SMILES string of the molecule is NC(=O)CN(CCC1CCCCC1)CC1CCOCC1. The van der Waals surface area contributed by atoms with E-state index in [2.05, 4.69) is 4.90 Å². The first kappa shape index (κ1) is 15.8. The van der Waals surface area contributed by atoms with Gasteiger partial charge in [-0.1, -0.05) is 32.1 Å². The van der Waals surface area contributed by atoms with Gasteiger partial charge in [0.25, 0.3) is 0 Å². The third-order valence-corrected chi connectivity index (χ3v) is 4.82. The molecule has 2 aliphatic rings. The van der Waals surface area contributed by atoms with Gasteiger partial charge in [0, 0.05) is 19.8 Å². The van der Waals surface area contributed by atoms with E-state index in [1.54, 1.807) is 0 Å². The Morgan fingerprint density at radius 2 is 1.75 bits per heavy atom. The maximum Gasteiger partial charge on any atom is 0.231 e. The summed E-state index contributed by atoms with van der Waals surface area (Å²) in [6, 6.07) is 0. The van der Waals surface area contributed by atoms with Crippen LogP contribution in [0.2, 0.25) is 0 Å². The van der Waals surface area contributed by atoms with Crippen LogP contribution in [0.4, 0.5) is 0 Å². The molecule has 2 fully saturated rings. The number of hydrogen-bond acceptors (Lipinski definition) is 3. The van der Waals surface area contributed by atoms with E-state index < -0.39 is 0 Å². The molecule has 0 unspecified atom stereocenters. The molecule has 1 heterocycles. The van der Waals surface area contributed by atoms with E-state index in [1.807, 2.05) is 0 Å². The van der Waals surface area contributed by atoms with Crippen molar-refractivity contribution in [1.82, 2.24) is 4.90 Å². The van der Waals surface area contributed by atoms with Gasteiger partial charge in [0.1, 0.15) is 0 Å². The number of ether oxygens (including phenoxy) is 1. The molecule has 116 valence electrons. The molecule has 1 amide bonds. The van der Waals surface area contributed by atoms with Crippen LogP contribution >= 0.6 is 0 Å². The highest BCUT2D eigenvalue weighted by atomic mass is 16.5. The predicted molar refractivity (Wildman–Crippen MR) is 80.4 cm³/mol. The van der Waals surface area contributed by atoms with Crippen molar-refractivity contribution in [2.24, 2.45) is 17.6 Å². The summed E-state index contributed by atoms with van der Waals surface area (Å²) < 4.78 is 5.41. The molecule has 0 bridgehead atoms. The molecule has 4 heteroatoms. The van der Waals surface area contributed by atoms with Gasteiger partial charge in [0.2, 0.25) is 5.91 Å². The molecular weight excluding hydrogens is 252 g/mol. The van der Waals surface area contributed by atoms with Gasteiger partial charge < -0.3 is 10.5 Å². The molecule has 0 atom stereocenters. The van der Waals surface area contributed by atoms with Crippen molar-refractivity contribution in [2.45, 2.75) is 51.4 Å². The van der Waals surface area contributed by atoms with Crippen molar-refractivity contribution in [2.75, 3.05) is 32.8 Å². The molecule has 0 aromatic heterocycles. The Bertz CT molecular complexity index is 284. The Kier molecular flexibility index (Phi) is 6.80. The van der Waals surface area contributed by atoms with Gasteiger partial charge in [-0.2, -0.15) is 0 Å². The lowest BCUT2D eigenvalue weighted by Gasteiger charge is -2.30. The molecule has 1 aliphatic carbocycles. The first-order valence-electron chi connectivity index (χ1n) is 8.32. The number of carbonyl (C=O) groups excluding carboxylic acids is 1. The normalized spacial score (nSPS) is 22.2. The molecule has 0 spiro atoms. The second kappa shape index (κ2) is 8.63. The van der Waals surface area contributed by atoms with Crippen LogP contribution in [0, 0.1) is 11.8 Å². The van der Waals surface area contributed by atoms with E-state index >= 15 is 0 Å². The van der Waals surface area contributed by atoms with Crippen molar-refractivity contribution in [1.29, 1.82) is 0 Å². The summed E-state index contributed by atoms with van der Waals surface area (Å²) in [6.45, 7) is 4.21. The number of primary amides is 1. The van der Waals surface area contributed by atoms with Crippen LogP contribution in [0.15, 0.2) is 0 Å². The van der Waals surface area contributed by atoms with Gasteiger partial charge >= 0.3 is 0 Å². The van der Waals surface area contributed by atoms with Crippen LogP contribution in [0.3, 0.4) is 0 Å². The Labute approximate surface area is 123 Å². The highest BCUT2D eigenvalue weighted by Crippen LogP contribution is 2.26. The summed E-state index contributed by atoms with van der Waals surface area (Å²) >= 11 is 0. The van der Waals surface area contributed by atoms with E-state index in [0.717, 1.165) is 45.1 Å². The molecular formula is C16H30N2O2. The van der Waals surface area contributed by atoms with Gasteiger partial charge in [0.15, 0.2) is 0 Å². The van der Waals surface area contributed by atoms with E-state index in [1.165, 1.54) is 38.5 Å². The van der Waals surface area contributed by atoms with E-state index in [9.17, 15) is 4.79 Å². The number of hydrogen-bond donors (Lipinski definition) is 1. The number of nitrogens with two attached hydrogens (primary N) is 1. The maximum atomic E-state index is 11.3. The highest BCUT2D eigenvalue weighted by molar-refractivity contribution is 5.75. The molecule has 4 nitrogen and oxygen atoms in total. The Hall–Kier alpha value is -0.610. The summed E-state index contributed by atoms with van der Waals surface area (Å²) in [5, 5.41) is 0. The average Bonchev–Trinajstić information content (AvgIpc) is 2.46. The van der Waals surface area contributed by atoms with Gasteiger partial charge in [-0.05, 0) is 37.6 Å². The molecule has 1 aliphatic heterocycles. The maximum absolute atomic E-state index is 11.3. The van der Waals surface area contributed by atoms with Crippen molar-refractivity contribution in [3.8, 4) is 0 Å². The fourth-order valence-electron chi connectivity index (χ4n) is 3.59. The van der Waals surface area contributed by atoms with E-state index in [4.69, 9.17) is 10.5 Å². The van der Waals surface area contributed by atoms with E-state index in [-0.39, 0.29) is 5.91 Å². The largest absolute Gasteiger partial charge is 0.381 e. The summed E-state index contributed by atoms with van der Waals surface area (Å²) in [5.41, 5.74) is 5.40. The van der Waals surface area contributed by atoms with Crippen LogP contribution in [-0.4, -0.2) is 43.7 Å². The standard InChI is InChI=1S/C16H30N2O2/c17-16(19)13-18(12-15-7-10-20-11-8-15)9-6-14-4-2-1-3-5-14/h14-15H,1-13H2,(H2,17,19). The van der Waals surface area contributed by atoms with E-state index in [0.29, 0.717) is 12.5 Å². The zero-order valence-electron chi connectivity index (χ0n) is 12.7. The van der Waals surface area contributed by atoms with Gasteiger partial charge in [0.05, 0.1) is 6.54 Å². The Balaban J connectivity index is 1.74. The third kappa shape index (κ3) is 5.80. The van der Waals surface area contributed by atoms with Crippen molar-refractivity contribution < 1.29 is 9.53 Å². The predicted octanol–water partition coefficient (Wildman–Crippen LogP) is 2.17. The second-order valence-electron chi connectivity index (χ2n) is 6.55. The summed E-state index contributed by atoms with van der Waals surface area (Å²) in [4.78, 5) is 13.5. The second-order valence-corrected chi connectivity index (χ2v) is 6.55. The number of rotatable bonds is 7. The molecule has 0 aromatic rings. The molecule has 0 radical (unpaired) electrons. The minimum absolute atomic E-state index is 0.194. The average molecular weight is 282 g/mol. The first-order chi connectivity index (χ1) is 9.74. The molecule has 20 heavy (non-hydrogen) atoms. The third-order valence-electron chi connectivity index (χ3n) is 4.82. The molecule has 1 saturated carbocycles. The summed E-state index contributed by atoms with van der Waals surface area (Å²) in [6.07, 6.45) is 10.4. The molecule has 2 rings (SSSR count). The quantitative estimate of drug-likeness (QED) is 0.778. The zero-order chi connectivity index (χ0) is 14.2. The van der Waals surface area contributed by atoms with Crippen LogP contribution in [0.1, 0.15) is 51.4 Å². The van der Waals surface area contributed by atoms with Gasteiger partial charge in [-0.15, -0.1) is 0 Å². The number of carbonyl (C=O) groups is 1. The highest BCUT2D eigenvalue weighted by Gasteiger charge is 2.20. The first-order valence-corrected chi connectivity index (χ1v) is 8.32. The van der Waals surface area contributed by atoms with Crippen LogP contribution in [0.5, 0.6) is 0 Å². The minimum Gasteiger partial charge on any atom is -0.381 e. The minimum atomic E-state index is -0.194. The lowest BCUT2D eigenvalue weighted by atomic mass is 9.87. The topological polar surface area (TPSA) is 55.6 Å². The smallest absolute Gasteiger partial charge is 0.231 e. The zero-order valence-corrected chi connectivity index (χ0v) is 12.7. The van der Waals surface area contributed by atoms with Crippen LogP contribution < -0.4 is 5.73 Å². The fourth-order valence-corrected chi connectivity index (χ4v) is 3.59. The number of amides is 1. The summed E-state index contributed by atoms with van der Waals surface area (Å²) in [5.74, 6) is 1.35. The van der Waals surface area contributed by atoms with Gasteiger partial charge in [-0.25, -0.2) is 0 Å². The number of nitrogens with zero attached hydrogens (tertiary/aromatic N) is 1. The Morgan fingerprint density at radius 3 is 2.40 bits per heavy atom. The van der Waals surface area contributed by atoms with Crippen LogP contribution in [0.25, 0.3) is 0 Å². The van der Waals surface area contributed by atoms with Crippen molar-refractivity contribution in [3.63, 3.8) is 0 Å². The summed E-state index contributed by atoms with van der Waals surface area (Å²) in [7, 11) is 0. The van der Waals surface area contributed by atoms with Gasteiger partial charge in [-0.3, -0.25) is 9.69 Å². The van der Waals surface area contributed by atoms with Crippen molar-refractivity contribution >= 4 is 5.91 Å². The van der Waals surface area contributed by atoms with Crippen molar-refractivity contribution in [3.05, 3.63) is 0 Å². The lowest BCUT2D eigenvalue weighted by Crippen LogP contribution is -2.39. The molecule has 0 aromatic carbocycles. The molecule has 2 N–H and O–H groups in total. The Morgan fingerprint density at radius 1 is 1.05 bits per heavy atom. The van der Waals surface area contributed by atoms with Crippen LogP contribution in [-0.2, 0) is 9.53 Å². The monoisotopic (exact) mass is 282 g/mol.